The monoisotopic (exact) mass is 584 g/mol. The number of fused-ring (bicyclic) bond motifs is 2. The van der Waals surface area contributed by atoms with Gasteiger partial charge in [-0.3, -0.25) is 19.3 Å². The number of imide groups is 1. The zero-order chi connectivity index (χ0) is 29.0. The number of hydrogen-bond donors (Lipinski definition) is 1. The number of unbranched alkanes of at least 4 members (excludes halogenated alkanes) is 2. The van der Waals surface area contributed by atoms with E-state index >= 15 is 0 Å². The summed E-state index contributed by atoms with van der Waals surface area (Å²) in [6.07, 6.45) is 3.93. The zero-order valence-electron chi connectivity index (χ0n) is 23.3. The molecule has 0 saturated carbocycles. The smallest absolute Gasteiger partial charge is 0.262 e. The van der Waals surface area contributed by atoms with Crippen molar-refractivity contribution in [1.82, 2.24) is 14.2 Å². The minimum Gasteiger partial charge on any atom is -0.300 e. The minimum atomic E-state index is -3.69. The van der Waals surface area contributed by atoms with Crippen LogP contribution in [-0.2, 0) is 14.8 Å². The second-order valence-electron chi connectivity index (χ2n) is 10.1. The molecule has 3 aromatic rings. The highest BCUT2D eigenvalue weighted by molar-refractivity contribution is 7.89. The van der Waals surface area contributed by atoms with Gasteiger partial charge in [0.2, 0.25) is 15.9 Å². The van der Waals surface area contributed by atoms with Gasteiger partial charge in [-0.25, -0.2) is 13.4 Å². The molecule has 0 spiro atoms. The third-order valence-corrected chi connectivity index (χ3v) is 10.1. The number of carbonyl (C=O) groups excluding carboxylic acids is 3. The Labute approximate surface area is 239 Å². The maximum atomic E-state index is 13.5. The summed E-state index contributed by atoms with van der Waals surface area (Å²) < 4.78 is 29.0. The van der Waals surface area contributed by atoms with Crippen molar-refractivity contribution in [1.29, 1.82) is 0 Å². The summed E-state index contributed by atoms with van der Waals surface area (Å²) in [5.41, 5.74) is 1.12. The Bertz CT molecular complexity index is 1470. The lowest BCUT2D eigenvalue weighted by Gasteiger charge is -2.29. The van der Waals surface area contributed by atoms with E-state index in [4.69, 9.17) is 0 Å². The summed E-state index contributed by atoms with van der Waals surface area (Å²) in [6.45, 7) is 8.72. The molecule has 214 valence electrons. The molecule has 2 unspecified atom stereocenters. The normalized spacial score (nSPS) is 15.1. The molecule has 1 aromatic heterocycles. The predicted molar refractivity (Wildman–Crippen MR) is 157 cm³/mol. The molecule has 1 aliphatic rings. The number of nitrogens with one attached hydrogen (secondary N) is 1. The van der Waals surface area contributed by atoms with Crippen LogP contribution in [0.4, 0.5) is 5.13 Å². The lowest BCUT2D eigenvalue weighted by molar-refractivity contribution is -0.121. The molecule has 4 rings (SSSR count). The number of carbonyl (C=O) groups is 3. The van der Waals surface area contributed by atoms with Gasteiger partial charge in [0, 0.05) is 13.1 Å². The van der Waals surface area contributed by atoms with Crippen LogP contribution in [0.25, 0.3) is 10.2 Å². The number of hydrogen-bond acceptors (Lipinski definition) is 7. The van der Waals surface area contributed by atoms with E-state index in [2.05, 4.69) is 10.3 Å². The van der Waals surface area contributed by atoms with Gasteiger partial charge >= 0.3 is 0 Å². The van der Waals surface area contributed by atoms with Crippen molar-refractivity contribution in [3.8, 4) is 0 Å². The number of anilines is 1. The summed E-state index contributed by atoms with van der Waals surface area (Å²) in [5, 5.41) is 3.06. The average Bonchev–Trinajstić information content (AvgIpc) is 3.46. The lowest BCUT2D eigenvalue weighted by Crippen LogP contribution is -2.50. The Kier molecular flexibility index (Phi) is 9.37. The van der Waals surface area contributed by atoms with Crippen LogP contribution in [0, 0.1) is 5.92 Å². The highest BCUT2D eigenvalue weighted by Crippen LogP contribution is 2.32. The van der Waals surface area contributed by atoms with Gasteiger partial charge in [-0.2, -0.15) is 4.31 Å². The van der Waals surface area contributed by atoms with Crippen LogP contribution in [0.2, 0.25) is 0 Å². The second-order valence-corrected chi connectivity index (χ2v) is 13.1. The van der Waals surface area contributed by atoms with Crippen molar-refractivity contribution in [3.05, 3.63) is 53.6 Å². The SMILES string of the molecule is CCCCN(CCCC)S(=O)(=O)c1ccc2nc(NC(=O)C(C(C)CC)N3C(=O)c4ccccc4C3=O)sc2c1. The van der Waals surface area contributed by atoms with E-state index in [9.17, 15) is 22.8 Å². The molecule has 2 aromatic carbocycles. The van der Waals surface area contributed by atoms with Gasteiger partial charge in [0.1, 0.15) is 6.04 Å². The van der Waals surface area contributed by atoms with E-state index in [0.29, 0.717) is 29.7 Å². The summed E-state index contributed by atoms with van der Waals surface area (Å²) >= 11 is 1.16. The van der Waals surface area contributed by atoms with Crippen molar-refractivity contribution >= 4 is 54.4 Å². The lowest BCUT2D eigenvalue weighted by atomic mass is 9.96. The molecule has 0 bridgehead atoms. The molecule has 0 radical (unpaired) electrons. The van der Waals surface area contributed by atoms with Gasteiger partial charge in [-0.1, -0.05) is 70.4 Å². The number of rotatable bonds is 13. The van der Waals surface area contributed by atoms with Gasteiger partial charge in [0.15, 0.2) is 5.13 Å². The molecule has 2 heterocycles. The molecular formula is C29H36N4O5S2. The van der Waals surface area contributed by atoms with Crippen molar-refractivity contribution < 1.29 is 22.8 Å². The molecule has 1 N–H and O–H groups in total. The number of aromatic nitrogens is 1. The Hall–Kier alpha value is -3.15. The van der Waals surface area contributed by atoms with E-state index in [-0.39, 0.29) is 27.1 Å². The Morgan fingerprint density at radius 1 is 1.00 bits per heavy atom. The first-order valence-electron chi connectivity index (χ1n) is 13.8. The number of benzene rings is 2. The van der Waals surface area contributed by atoms with Gasteiger partial charge < -0.3 is 5.32 Å². The summed E-state index contributed by atoms with van der Waals surface area (Å²) in [5.74, 6) is -1.79. The van der Waals surface area contributed by atoms with Crippen LogP contribution >= 0.6 is 11.3 Å². The van der Waals surface area contributed by atoms with Crippen LogP contribution in [0.5, 0.6) is 0 Å². The first kappa shape index (κ1) is 29.8. The Morgan fingerprint density at radius 2 is 1.60 bits per heavy atom. The number of thiazole rings is 1. The van der Waals surface area contributed by atoms with Crippen molar-refractivity contribution in [3.63, 3.8) is 0 Å². The van der Waals surface area contributed by atoms with Crippen LogP contribution in [0.3, 0.4) is 0 Å². The zero-order valence-corrected chi connectivity index (χ0v) is 25.0. The molecule has 11 heteroatoms. The second kappa shape index (κ2) is 12.6. The molecule has 0 fully saturated rings. The first-order valence-corrected chi connectivity index (χ1v) is 16.1. The van der Waals surface area contributed by atoms with Crippen molar-refractivity contribution in [2.45, 2.75) is 70.7 Å². The quantitative estimate of drug-likeness (QED) is 0.264. The maximum Gasteiger partial charge on any atom is 0.262 e. The summed E-state index contributed by atoms with van der Waals surface area (Å²) in [4.78, 5) is 45.5. The number of nitrogens with zero attached hydrogens (tertiary/aromatic N) is 3. The van der Waals surface area contributed by atoms with E-state index < -0.39 is 33.8 Å². The van der Waals surface area contributed by atoms with Crippen LogP contribution < -0.4 is 5.32 Å². The summed E-state index contributed by atoms with van der Waals surface area (Å²) in [6, 6.07) is 10.3. The summed E-state index contributed by atoms with van der Waals surface area (Å²) in [7, 11) is -3.69. The minimum absolute atomic E-state index is 0.192. The number of amides is 3. The van der Waals surface area contributed by atoms with Gasteiger partial charge in [0.25, 0.3) is 11.8 Å². The molecule has 0 saturated heterocycles. The fourth-order valence-electron chi connectivity index (χ4n) is 4.78. The molecule has 2 atom stereocenters. The molecule has 0 aliphatic carbocycles. The van der Waals surface area contributed by atoms with Crippen LogP contribution in [0.1, 0.15) is 80.5 Å². The average molecular weight is 585 g/mol. The fraction of sp³-hybridized carbons (Fsp3) is 0.448. The van der Waals surface area contributed by atoms with Gasteiger partial charge in [0.05, 0.1) is 26.2 Å². The highest BCUT2D eigenvalue weighted by atomic mass is 32.2. The Morgan fingerprint density at radius 3 is 2.15 bits per heavy atom. The third-order valence-electron chi connectivity index (χ3n) is 7.31. The molecular weight excluding hydrogens is 548 g/mol. The van der Waals surface area contributed by atoms with Gasteiger partial charge in [-0.05, 0) is 49.1 Å². The predicted octanol–water partition coefficient (Wildman–Crippen LogP) is 5.54. The molecule has 1 aliphatic heterocycles. The highest BCUT2D eigenvalue weighted by Gasteiger charge is 2.44. The first-order chi connectivity index (χ1) is 19.1. The molecule has 40 heavy (non-hydrogen) atoms. The van der Waals surface area contributed by atoms with Crippen molar-refractivity contribution in [2.24, 2.45) is 5.92 Å². The van der Waals surface area contributed by atoms with Crippen molar-refractivity contribution in [2.75, 3.05) is 18.4 Å². The van der Waals surface area contributed by atoms with Crippen LogP contribution in [-0.4, -0.2) is 59.5 Å². The van der Waals surface area contributed by atoms with Crippen LogP contribution in [0.15, 0.2) is 47.4 Å². The van der Waals surface area contributed by atoms with Gasteiger partial charge in [-0.15, -0.1) is 0 Å². The number of sulfonamides is 1. The van der Waals surface area contributed by atoms with E-state index in [1.807, 2.05) is 27.7 Å². The largest absolute Gasteiger partial charge is 0.300 e. The van der Waals surface area contributed by atoms with E-state index in [1.165, 1.54) is 0 Å². The molecule has 3 amide bonds. The Balaban J connectivity index is 1.59. The topological polar surface area (TPSA) is 117 Å². The fourth-order valence-corrected chi connectivity index (χ4v) is 7.31. The standard InChI is InChI=1S/C29H36N4O5S2/c1-5-8-16-32(17-9-6-2)40(37,38)20-14-15-23-24(18-20)39-29(30-23)31-26(34)25(19(4)7-3)33-27(35)21-12-10-11-13-22(21)28(33)36/h10-15,18-19,25H,5-9,16-17H2,1-4H3,(H,30,31,34). The van der Waals surface area contributed by atoms with E-state index in [0.717, 1.165) is 41.9 Å². The van der Waals surface area contributed by atoms with E-state index in [1.54, 1.807) is 46.8 Å². The maximum absolute atomic E-state index is 13.5. The molecule has 9 nitrogen and oxygen atoms in total. The third kappa shape index (κ3) is 5.82.